The van der Waals surface area contributed by atoms with Gasteiger partial charge in [0.2, 0.25) is 0 Å². The van der Waals surface area contributed by atoms with E-state index in [1.165, 1.54) is 29.9 Å². The Morgan fingerprint density at radius 2 is 1.70 bits per heavy atom. The van der Waals surface area contributed by atoms with Crippen molar-refractivity contribution >= 4 is 17.4 Å². The Morgan fingerprint density at radius 3 is 2.33 bits per heavy atom. The van der Waals surface area contributed by atoms with E-state index < -0.39 is 11.7 Å². The van der Waals surface area contributed by atoms with Gasteiger partial charge < -0.3 is 15.1 Å². The Balaban J connectivity index is 1.64. The second kappa shape index (κ2) is 7.90. The SMILES string of the molecule is CN(Cc1ccccc1N1CCCC1)C(=O)Nc1ccc(C(F)(F)F)cc1. The van der Waals surface area contributed by atoms with Crippen molar-refractivity contribution in [3.05, 3.63) is 59.7 Å². The van der Waals surface area contributed by atoms with E-state index in [0.29, 0.717) is 12.2 Å². The average molecular weight is 377 g/mol. The van der Waals surface area contributed by atoms with E-state index in [2.05, 4.69) is 16.3 Å². The van der Waals surface area contributed by atoms with Crippen LogP contribution in [0.15, 0.2) is 48.5 Å². The van der Waals surface area contributed by atoms with Gasteiger partial charge in [0.05, 0.1) is 5.56 Å². The Bertz CT molecular complexity index is 784. The molecule has 0 radical (unpaired) electrons. The summed E-state index contributed by atoms with van der Waals surface area (Å²) in [6.07, 6.45) is -2.06. The molecule has 2 aromatic carbocycles. The molecule has 0 spiro atoms. The number of benzene rings is 2. The van der Waals surface area contributed by atoms with Gasteiger partial charge in [-0.3, -0.25) is 0 Å². The lowest BCUT2D eigenvalue weighted by Crippen LogP contribution is -2.31. The largest absolute Gasteiger partial charge is 0.416 e. The van der Waals surface area contributed by atoms with Gasteiger partial charge in [-0.1, -0.05) is 18.2 Å². The van der Waals surface area contributed by atoms with Crippen molar-refractivity contribution in [2.45, 2.75) is 25.6 Å². The molecule has 1 aliphatic rings. The number of nitrogens with one attached hydrogen (secondary N) is 1. The number of rotatable bonds is 4. The maximum absolute atomic E-state index is 12.6. The number of carbonyl (C=O) groups excluding carboxylic acids is 1. The minimum absolute atomic E-state index is 0.327. The second-order valence-electron chi connectivity index (χ2n) is 6.68. The molecule has 3 rings (SSSR count). The van der Waals surface area contributed by atoms with E-state index in [1.54, 1.807) is 7.05 Å². The fourth-order valence-electron chi connectivity index (χ4n) is 3.20. The number of para-hydroxylation sites is 1. The molecule has 0 aliphatic carbocycles. The minimum Gasteiger partial charge on any atom is -0.371 e. The van der Waals surface area contributed by atoms with Crippen LogP contribution < -0.4 is 10.2 Å². The lowest BCUT2D eigenvalue weighted by atomic mass is 10.1. The first kappa shape index (κ1) is 19.1. The smallest absolute Gasteiger partial charge is 0.371 e. The molecule has 1 heterocycles. The molecule has 4 nitrogen and oxygen atoms in total. The zero-order chi connectivity index (χ0) is 19.4. The molecule has 0 bridgehead atoms. The zero-order valence-corrected chi connectivity index (χ0v) is 15.1. The molecule has 1 saturated heterocycles. The molecule has 0 atom stereocenters. The van der Waals surface area contributed by atoms with Crippen molar-refractivity contribution in [1.82, 2.24) is 4.90 Å². The Labute approximate surface area is 156 Å². The van der Waals surface area contributed by atoms with E-state index in [4.69, 9.17) is 0 Å². The monoisotopic (exact) mass is 377 g/mol. The van der Waals surface area contributed by atoms with E-state index >= 15 is 0 Å². The summed E-state index contributed by atoms with van der Waals surface area (Å²) in [5.41, 5.74) is 1.76. The molecule has 0 aromatic heterocycles. The lowest BCUT2D eigenvalue weighted by molar-refractivity contribution is -0.137. The summed E-state index contributed by atoms with van der Waals surface area (Å²) >= 11 is 0. The van der Waals surface area contributed by atoms with Crippen LogP contribution in [0.5, 0.6) is 0 Å². The quantitative estimate of drug-likeness (QED) is 0.817. The molecular weight excluding hydrogens is 355 g/mol. The first-order valence-corrected chi connectivity index (χ1v) is 8.87. The molecular formula is C20H22F3N3O. The van der Waals surface area contributed by atoms with Crippen molar-refractivity contribution in [1.29, 1.82) is 0 Å². The summed E-state index contributed by atoms with van der Waals surface area (Å²) < 4.78 is 37.9. The number of hydrogen-bond donors (Lipinski definition) is 1. The van der Waals surface area contributed by atoms with Crippen LogP contribution in [0.1, 0.15) is 24.0 Å². The normalized spacial score (nSPS) is 14.3. The minimum atomic E-state index is -4.39. The van der Waals surface area contributed by atoms with Crippen molar-refractivity contribution in [2.24, 2.45) is 0 Å². The van der Waals surface area contributed by atoms with Crippen molar-refractivity contribution in [3.63, 3.8) is 0 Å². The number of halogens is 3. The molecule has 1 N–H and O–H groups in total. The highest BCUT2D eigenvalue weighted by Gasteiger charge is 2.30. The number of hydrogen-bond acceptors (Lipinski definition) is 2. The van der Waals surface area contributed by atoms with Gasteiger partial charge in [-0.25, -0.2) is 4.79 Å². The van der Waals surface area contributed by atoms with Crippen LogP contribution in [0.25, 0.3) is 0 Å². The number of urea groups is 1. The van der Waals surface area contributed by atoms with Gasteiger partial charge in [0.25, 0.3) is 0 Å². The highest BCUT2D eigenvalue weighted by molar-refractivity contribution is 5.89. The molecule has 1 aliphatic heterocycles. The number of amides is 2. The third-order valence-electron chi connectivity index (χ3n) is 4.66. The van der Waals surface area contributed by atoms with Crippen LogP contribution >= 0.6 is 0 Å². The first-order chi connectivity index (χ1) is 12.8. The van der Waals surface area contributed by atoms with E-state index in [0.717, 1.165) is 36.5 Å². The van der Waals surface area contributed by atoms with Crippen LogP contribution in [-0.2, 0) is 12.7 Å². The standard InChI is InChI=1S/C20H22F3N3O/c1-25(14-15-6-2-3-7-18(15)26-12-4-5-13-26)19(27)24-17-10-8-16(9-11-17)20(21,22)23/h2-3,6-11H,4-5,12-14H2,1H3,(H,24,27). The van der Waals surface area contributed by atoms with Crippen molar-refractivity contribution < 1.29 is 18.0 Å². The fourth-order valence-corrected chi connectivity index (χ4v) is 3.20. The number of alkyl halides is 3. The highest BCUT2D eigenvalue weighted by Crippen LogP contribution is 2.30. The summed E-state index contributed by atoms with van der Waals surface area (Å²) in [4.78, 5) is 16.2. The van der Waals surface area contributed by atoms with Gasteiger partial charge in [-0.15, -0.1) is 0 Å². The number of anilines is 2. The molecule has 0 saturated carbocycles. The molecule has 0 unspecified atom stereocenters. The fraction of sp³-hybridized carbons (Fsp3) is 0.350. The van der Waals surface area contributed by atoms with Gasteiger partial charge in [0.15, 0.2) is 0 Å². The molecule has 144 valence electrons. The second-order valence-corrected chi connectivity index (χ2v) is 6.68. The Hall–Kier alpha value is -2.70. The van der Waals surface area contributed by atoms with E-state index in [9.17, 15) is 18.0 Å². The molecule has 27 heavy (non-hydrogen) atoms. The van der Waals surface area contributed by atoms with E-state index in [1.807, 2.05) is 18.2 Å². The zero-order valence-electron chi connectivity index (χ0n) is 15.1. The van der Waals surface area contributed by atoms with Crippen LogP contribution in [0, 0.1) is 0 Å². The third-order valence-corrected chi connectivity index (χ3v) is 4.66. The molecule has 7 heteroatoms. The van der Waals surface area contributed by atoms with Gasteiger partial charge in [-0.2, -0.15) is 13.2 Å². The Kier molecular flexibility index (Phi) is 5.58. The topological polar surface area (TPSA) is 35.6 Å². The highest BCUT2D eigenvalue weighted by atomic mass is 19.4. The molecule has 1 fully saturated rings. The predicted octanol–water partition coefficient (Wildman–Crippen LogP) is 4.97. The van der Waals surface area contributed by atoms with Crippen molar-refractivity contribution in [3.8, 4) is 0 Å². The van der Waals surface area contributed by atoms with E-state index in [-0.39, 0.29) is 6.03 Å². The predicted molar refractivity (Wildman–Crippen MR) is 99.8 cm³/mol. The van der Waals surface area contributed by atoms with Crippen molar-refractivity contribution in [2.75, 3.05) is 30.4 Å². The maximum Gasteiger partial charge on any atom is 0.416 e. The summed E-state index contributed by atoms with van der Waals surface area (Å²) in [5.74, 6) is 0. The summed E-state index contributed by atoms with van der Waals surface area (Å²) in [7, 11) is 1.67. The van der Waals surface area contributed by atoms with Crippen LogP contribution in [0.2, 0.25) is 0 Å². The number of carbonyl (C=O) groups is 1. The molecule has 2 aromatic rings. The van der Waals surface area contributed by atoms with Gasteiger partial charge >= 0.3 is 12.2 Å². The van der Waals surface area contributed by atoms with Crippen LogP contribution in [0.4, 0.5) is 29.3 Å². The average Bonchev–Trinajstić information content (AvgIpc) is 3.16. The summed E-state index contributed by atoms with van der Waals surface area (Å²) in [6.45, 7) is 2.44. The summed E-state index contributed by atoms with van der Waals surface area (Å²) in [5, 5.41) is 2.64. The third kappa shape index (κ3) is 4.72. The lowest BCUT2D eigenvalue weighted by Gasteiger charge is -2.24. The maximum atomic E-state index is 12.6. The van der Waals surface area contributed by atoms with Crippen LogP contribution in [-0.4, -0.2) is 31.1 Å². The number of nitrogens with zero attached hydrogens (tertiary/aromatic N) is 2. The van der Waals surface area contributed by atoms with Gasteiger partial charge in [-0.05, 0) is 48.7 Å². The molecule has 2 amide bonds. The van der Waals surface area contributed by atoms with Gasteiger partial charge in [0.1, 0.15) is 0 Å². The first-order valence-electron chi connectivity index (χ1n) is 8.87. The summed E-state index contributed by atoms with van der Waals surface area (Å²) in [6, 6.07) is 12.0. The van der Waals surface area contributed by atoms with Crippen LogP contribution in [0.3, 0.4) is 0 Å². The van der Waals surface area contributed by atoms with Gasteiger partial charge in [0, 0.05) is 38.1 Å². The Morgan fingerprint density at radius 1 is 1.07 bits per heavy atom.